The number of rotatable bonds is 7. The number of anilines is 2. The van der Waals surface area contributed by atoms with E-state index in [1.807, 2.05) is 47.4 Å². The zero-order chi connectivity index (χ0) is 30.0. The highest BCUT2D eigenvalue weighted by Crippen LogP contribution is 2.33. The first-order chi connectivity index (χ1) is 20.7. The molecule has 5 heterocycles. The molecular weight excluding hydrogens is 559 g/mol. The van der Waals surface area contributed by atoms with Crippen LogP contribution < -0.4 is 5.32 Å². The van der Waals surface area contributed by atoms with Gasteiger partial charge in [-0.3, -0.25) is 14.6 Å². The number of aromatic nitrogens is 4. The number of nitrogens with zero attached hydrogens (tertiary/aromatic N) is 6. The summed E-state index contributed by atoms with van der Waals surface area (Å²) in [6.45, 7) is 1.30. The van der Waals surface area contributed by atoms with Crippen LogP contribution in [0.15, 0.2) is 73.2 Å². The van der Waals surface area contributed by atoms with Gasteiger partial charge in [-0.2, -0.15) is 18.2 Å². The second-order valence-corrected chi connectivity index (χ2v) is 10.7. The van der Waals surface area contributed by atoms with Gasteiger partial charge < -0.3 is 15.1 Å². The molecule has 0 saturated carbocycles. The lowest BCUT2D eigenvalue weighted by atomic mass is 10.00. The highest BCUT2D eigenvalue weighted by Gasteiger charge is 2.31. The monoisotopic (exact) mass is 589 g/mol. The lowest BCUT2D eigenvalue weighted by molar-refractivity contribution is -0.148. The van der Waals surface area contributed by atoms with E-state index in [0.717, 1.165) is 35.2 Å². The number of hydrogen-bond acceptors (Lipinski definition) is 6. The first kappa shape index (κ1) is 28.4. The normalized spacial score (nSPS) is 17.3. The molecule has 1 atom stereocenters. The van der Waals surface area contributed by atoms with Crippen LogP contribution >= 0.6 is 0 Å². The standard InChI is InChI=1S/C31H30F3N7O2/c32-31(33,34)14-9-27(42)39-19-12-21(13-20-39)25-3-1-18-41-28(25)37-30(38-41)36-24-7-5-23(6-8-24)29(43)40-17-2-4-26(40)22-10-15-35-16-11-22/h1,3,5-8,10-12,15-16,18,26H,2,4,9,13-14,17,19-20H2,(H,36,38). The van der Waals surface area contributed by atoms with Gasteiger partial charge in [-0.1, -0.05) is 6.08 Å². The summed E-state index contributed by atoms with van der Waals surface area (Å²) in [7, 11) is 0. The van der Waals surface area contributed by atoms with Gasteiger partial charge in [-0.05, 0) is 78.9 Å². The van der Waals surface area contributed by atoms with Crippen molar-refractivity contribution in [2.75, 3.05) is 25.0 Å². The Morgan fingerprint density at radius 3 is 2.53 bits per heavy atom. The van der Waals surface area contributed by atoms with E-state index in [9.17, 15) is 22.8 Å². The van der Waals surface area contributed by atoms with E-state index in [-0.39, 0.29) is 18.5 Å². The zero-order valence-electron chi connectivity index (χ0n) is 23.3. The molecule has 0 bridgehead atoms. The highest BCUT2D eigenvalue weighted by atomic mass is 19.4. The van der Waals surface area contributed by atoms with Gasteiger partial charge in [0.2, 0.25) is 11.9 Å². The molecule has 2 aliphatic heterocycles. The maximum Gasteiger partial charge on any atom is 0.389 e. The van der Waals surface area contributed by atoms with Gasteiger partial charge in [0.1, 0.15) is 0 Å². The number of carbonyl (C=O) groups excluding carboxylic acids is 2. The third-order valence-electron chi connectivity index (χ3n) is 7.88. The van der Waals surface area contributed by atoms with Gasteiger partial charge in [0, 0.05) is 61.5 Å². The van der Waals surface area contributed by atoms with Crippen LogP contribution in [0.5, 0.6) is 0 Å². The van der Waals surface area contributed by atoms with E-state index < -0.39 is 24.9 Å². The van der Waals surface area contributed by atoms with Crippen LogP contribution in [0.3, 0.4) is 0 Å². The van der Waals surface area contributed by atoms with Crippen LogP contribution in [0.1, 0.15) is 59.6 Å². The Morgan fingerprint density at radius 2 is 1.81 bits per heavy atom. The Morgan fingerprint density at radius 1 is 1.02 bits per heavy atom. The summed E-state index contributed by atoms with van der Waals surface area (Å²) in [5.74, 6) is -0.131. The van der Waals surface area contributed by atoms with Gasteiger partial charge in [0.15, 0.2) is 5.65 Å². The highest BCUT2D eigenvalue weighted by molar-refractivity contribution is 5.95. The summed E-state index contributed by atoms with van der Waals surface area (Å²) in [5.41, 5.74) is 4.85. The molecule has 1 saturated heterocycles. The van der Waals surface area contributed by atoms with Crippen molar-refractivity contribution in [3.63, 3.8) is 0 Å². The van der Waals surface area contributed by atoms with Crippen LogP contribution in [0, 0.1) is 0 Å². The van der Waals surface area contributed by atoms with E-state index in [4.69, 9.17) is 0 Å². The predicted molar refractivity (Wildman–Crippen MR) is 154 cm³/mol. The number of halogens is 3. The first-order valence-corrected chi connectivity index (χ1v) is 14.2. The number of fused-ring (bicyclic) bond motifs is 1. The molecule has 6 rings (SSSR count). The van der Waals surface area contributed by atoms with Crippen LogP contribution in [0.4, 0.5) is 24.8 Å². The molecule has 1 fully saturated rings. The lowest BCUT2D eigenvalue weighted by Crippen LogP contribution is -2.35. The largest absolute Gasteiger partial charge is 0.389 e. The van der Waals surface area contributed by atoms with Crippen molar-refractivity contribution in [3.05, 3.63) is 89.9 Å². The number of likely N-dealkylation sites (tertiary alicyclic amines) is 1. The Hall–Kier alpha value is -4.74. The second kappa shape index (κ2) is 11.9. The van der Waals surface area contributed by atoms with E-state index in [1.54, 1.807) is 35.2 Å². The topological polar surface area (TPSA) is 95.7 Å². The van der Waals surface area contributed by atoms with Gasteiger partial charge in [0.05, 0.1) is 12.5 Å². The molecular formula is C31H30F3N7O2. The zero-order valence-corrected chi connectivity index (χ0v) is 23.3. The third-order valence-corrected chi connectivity index (χ3v) is 7.88. The quantitative estimate of drug-likeness (QED) is 0.293. The van der Waals surface area contributed by atoms with Crippen molar-refractivity contribution in [2.24, 2.45) is 0 Å². The van der Waals surface area contributed by atoms with Crippen molar-refractivity contribution < 1.29 is 22.8 Å². The molecule has 2 amide bonds. The molecule has 222 valence electrons. The third kappa shape index (κ3) is 6.37. The molecule has 0 aliphatic carbocycles. The Bertz CT molecular complexity index is 1650. The molecule has 43 heavy (non-hydrogen) atoms. The number of hydrogen-bond donors (Lipinski definition) is 1. The van der Waals surface area contributed by atoms with E-state index in [2.05, 4.69) is 20.4 Å². The Kier molecular flexibility index (Phi) is 7.83. The molecule has 9 nitrogen and oxygen atoms in total. The average Bonchev–Trinajstić information content (AvgIpc) is 3.67. The summed E-state index contributed by atoms with van der Waals surface area (Å²) < 4.78 is 39.2. The molecule has 0 spiro atoms. The van der Waals surface area contributed by atoms with Gasteiger partial charge in [-0.25, -0.2) is 4.52 Å². The summed E-state index contributed by atoms with van der Waals surface area (Å²) >= 11 is 0. The molecule has 1 aromatic carbocycles. The Labute approximate surface area is 246 Å². The predicted octanol–water partition coefficient (Wildman–Crippen LogP) is 5.80. The number of pyridine rings is 2. The minimum Gasteiger partial charge on any atom is -0.339 e. The van der Waals surface area contributed by atoms with Gasteiger partial charge in [0.25, 0.3) is 5.91 Å². The van der Waals surface area contributed by atoms with Crippen LogP contribution in [0.25, 0.3) is 11.2 Å². The molecule has 4 aromatic rings. The average molecular weight is 590 g/mol. The van der Waals surface area contributed by atoms with Crippen LogP contribution in [-0.2, 0) is 4.79 Å². The lowest BCUT2D eigenvalue weighted by Gasteiger charge is -2.27. The summed E-state index contributed by atoms with van der Waals surface area (Å²) in [6.07, 6.45) is 3.52. The maximum absolute atomic E-state index is 13.3. The fraction of sp³-hybridized carbons (Fsp3) is 0.323. The number of benzene rings is 1. The summed E-state index contributed by atoms with van der Waals surface area (Å²) in [5, 5.41) is 7.74. The number of carbonyl (C=O) groups is 2. The van der Waals surface area contributed by atoms with Gasteiger partial charge in [-0.15, -0.1) is 5.10 Å². The van der Waals surface area contributed by atoms with E-state index in [0.29, 0.717) is 36.7 Å². The minimum atomic E-state index is -4.35. The maximum atomic E-state index is 13.3. The van der Waals surface area contributed by atoms with Crippen molar-refractivity contribution in [2.45, 2.75) is 44.3 Å². The first-order valence-electron chi connectivity index (χ1n) is 14.2. The molecule has 1 N–H and O–H groups in total. The van der Waals surface area contributed by atoms with Crippen LogP contribution in [-0.4, -0.2) is 67.0 Å². The van der Waals surface area contributed by atoms with Crippen LogP contribution in [0.2, 0.25) is 0 Å². The van der Waals surface area contributed by atoms with E-state index >= 15 is 0 Å². The number of alkyl halides is 3. The van der Waals surface area contributed by atoms with Crippen molar-refractivity contribution in [1.82, 2.24) is 29.4 Å². The summed E-state index contributed by atoms with van der Waals surface area (Å²) in [4.78, 5) is 37.7. The second-order valence-electron chi connectivity index (χ2n) is 10.7. The molecule has 3 aromatic heterocycles. The molecule has 2 aliphatic rings. The molecule has 0 radical (unpaired) electrons. The van der Waals surface area contributed by atoms with Gasteiger partial charge >= 0.3 is 6.18 Å². The SMILES string of the molecule is O=C(CCC(F)(F)F)N1CC=C(c2cccn3nc(Nc4ccc(C(=O)N5CCCC5c5ccncc5)cc4)nc23)CC1. The fourth-order valence-electron chi connectivity index (χ4n) is 5.69. The fourth-order valence-corrected chi connectivity index (χ4v) is 5.69. The molecule has 1 unspecified atom stereocenters. The van der Waals surface area contributed by atoms with Crippen molar-refractivity contribution >= 4 is 34.7 Å². The van der Waals surface area contributed by atoms with Crippen molar-refractivity contribution in [1.29, 1.82) is 0 Å². The summed E-state index contributed by atoms with van der Waals surface area (Å²) in [6, 6.07) is 15.0. The number of amides is 2. The smallest absolute Gasteiger partial charge is 0.339 e. The molecule has 12 heteroatoms. The minimum absolute atomic E-state index is 0.0114. The van der Waals surface area contributed by atoms with Crippen molar-refractivity contribution in [3.8, 4) is 0 Å². The number of nitrogens with one attached hydrogen (secondary N) is 1. The Balaban J connectivity index is 1.12. The van der Waals surface area contributed by atoms with E-state index in [1.165, 1.54) is 4.90 Å².